The second-order valence-corrected chi connectivity index (χ2v) is 5.39. The van der Waals surface area contributed by atoms with Gasteiger partial charge in [-0.2, -0.15) is 0 Å². The molecule has 0 unspecified atom stereocenters. The Bertz CT molecular complexity index is 741. The molecule has 0 aromatic carbocycles. The first-order chi connectivity index (χ1) is 9.81. The van der Waals surface area contributed by atoms with Crippen LogP contribution in [-0.2, 0) is 7.05 Å². The van der Waals surface area contributed by atoms with Crippen LogP contribution in [0.5, 0.6) is 0 Å². The Morgan fingerprint density at radius 2 is 2.14 bits per heavy atom. The number of hydrogen-bond donors (Lipinski definition) is 1. The van der Waals surface area contributed by atoms with Crippen LogP contribution in [0.2, 0.25) is 0 Å². The summed E-state index contributed by atoms with van der Waals surface area (Å²) in [6.07, 6.45) is 1.31. The highest BCUT2D eigenvalue weighted by molar-refractivity contribution is 7.99. The molecule has 0 saturated heterocycles. The summed E-state index contributed by atoms with van der Waals surface area (Å²) in [7, 11) is 1.60. The molecule has 0 aliphatic carbocycles. The maximum absolute atomic E-state index is 11.4. The Morgan fingerprint density at radius 1 is 1.48 bits per heavy atom. The number of carbonyl (C=O) groups is 1. The van der Waals surface area contributed by atoms with Crippen molar-refractivity contribution in [2.45, 2.75) is 23.9 Å². The lowest BCUT2D eigenvalue weighted by Gasteiger charge is -2.09. The second kappa shape index (κ2) is 5.52. The molecule has 0 bridgehead atoms. The number of nitro groups is 1. The number of rotatable bonds is 4. The van der Waals surface area contributed by atoms with Gasteiger partial charge in [0, 0.05) is 12.7 Å². The van der Waals surface area contributed by atoms with E-state index in [1.807, 2.05) is 0 Å². The average Bonchev–Trinajstić information content (AvgIpc) is 2.69. The lowest BCUT2D eigenvalue weighted by atomic mass is 10.1. The maximum atomic E-state index is 11.4. The smallest absolute Gasteiger partial charge is 0.396 e. The zero-order valence-electron chi connectivity index (χ0n) is 11.5. The van der Waals surface area contributed by atoms with Gasteiger partial charge in [-0.25, -0.2) is 9.78 Å². The van der Waals surface area contributed by atoms with E-state index in [4.69, 9.17) is 0 Å². The van der Waals surface area contributed by atoms with E-state index in [2.05, 4.69) is 9.97 Å². The van der Waals surface area contributed by atoms with Crippen molar-refractivity contribution >= 4 is 23.5 Å². The Labute approximate surface area is 124 Å². The summed E-state index contributed by atoms with van der Waals surface area (Å²) < 4.78 is 1.47. The highest BCUT2D eigenvalue weighted by atomic mass is 32.2. The number of aromatic nitrogens is 3. The van der Waals surface area contributed by atoms with E-state index in [1.165, 1.54) is 10.9 Å². The lowest BCUT2D eigenvalue weighted by Crippen LogP contribution is -2.06. The molecular weight excluding hydrogens is 296 g/mol. The standard InChI is InChI=1S/C12H12N4O4S/c1-6-4-7(2)14-10(8(6)12(17)18)21-11-9(16(19)20)13-5-15(11)3/h4-5H,1-3H3,(H,17,18). The molecule has 2 rings (SSSR count). The highest BCUT2D eigenvalue weighted by Gasteiger charge is 2.25. The van der Waals surface area contributed by atoms with Crippen molar-refractivity contribution < 1.29 is 14.8 Å². The quantitative estimate of drug-likeness (QED) is 0.680. The molecule has 0 saturated carbocycles. The molecule has 0 aliphatic rings. The van der Waals surface area contributed by atoms with Gasteiger partial charge in [-0.05, 0) is 47.1 Å². The van der Waals surface area contributed by atoms with E-state index in [0.717, 1.165) is 11.8 Å². The molecule has 21 heavy (non-hydrogen) atoms. The number of aromatic carboxylic acids is 1. The minimum atomic E-state index is -1.12. The third kappa shape index (κ3) is 2.87. The fourth-order valence-electron chi connectivity index (χ4n) is 1.88. The molecule has 0 spiro atoms. The van der Waals surface area contributed by atoms with Gasteiger partial charge in [-0.3, -0.25) is 0 Å². The van der Waals surface area contributed by atoms with Gasteiger partial charge < -0.3 is 19.8 Å². The van der Waals surface area contributed by atoms with E-state index in [1.54, 1.807) is 27.0 Å². The Morgan fingerprint density at radius 3 is 2.71 bits per heavy atom. The summed E-state index contributed by atoms with van der Waals surface area (Å²) >= 11 is 0.926. The topological polar surface area (TPSA) is 111 Å². The molecule has 0 fully saturated rings. The van der Waals surface area contributed by atoms with Gasteiger partial charge in [-0.1, -0.05) is 0 Å². The fourth-order valence-corrected chi connectivity index (χ4v) is 3.01. The van der Waals surface area contributed by atoms with Gasteiger partial charge in [-0.15, -0.1) is 0 Å². The second-order valence-electron chi connectivity index (χ2n) is 4.41. The van der Waals surface area contributed by atoms with Crippen LogP contribution in [0, 0.1) is 24.0 Å². The molecule has 0 aliphatic heterocycles. The molecular formula is C12H12N4O4S. The SMILES string of the molecule is Cc1cc(C)c(C(=O)O)c(Sc2c([N+](=O)[O-])ncn2C)n1. The minimum Gasteiger partial charge on any atom is -0.478 e. The van der Waals surface area contributed by atoms with Crippen LogP contribution in [0.25, 0.3) is 0 Å². The van der Waals surface area contributed by atoms with Crippen LogP contribution in [0.4, 0.5) is 5.82 Å². The maximum Gasteiger partial charge on any atom is 0.396 e. The number of hydrogen-bond acceptors (Lipinski definition) is 6. The lowest BCUT2D eigenvalue weighted by molar-refractivity contribution is -0.392. The highest BCUT2D eigenvalue weighted by Crippen LogP contribution is 2.35. The summed E-state index contributed by atoms with van der Waals surface area (Å²) in [5.74, 6) is -1.44. The Hall–Kier alpha value is -2.42. The van der Waals surface area contributed by atoms with Gasteiger partial charge in [0.1, 0.15) is 5.03 Å². The van der Waals surface area contributed by atoms with Crippen LogP contribution >= 0.6 is 11.8 Å². The molecule has 0 atom stereocenters. The minimum absolute atomic E-state index is 0.0427. The summed E-state index contributed by atoms with van der Waals surface area (Å²) in [4.78, 5) is 29.6. The van der Waals surface area contributed by atoms with E-state index >= 15 is 0 Å². The van der Waals surface area contributed by atoms with Gasteiger partial charge in [0.15, 0.2) is 5.03 Å². The van der Waals surface area contributed by atoms with E-state index in [0.29, 0.717) is 11.3 Å². The first-order valence-corrected chi connectivity index (χ1v) is 6.68. The average molecular weight is 308 g/mol. The summed E-state index contributed by atoms with van der Waals surface area (Å²) in [5.41, 5.74) is 1.24. The third-order valence-corrected chi connectivity index (χ3v) is 3.91. The number of aryl methyl sites for hydroxylation is 3. The molecule has 8 nitrogen and oxygen atoms in total. The van der Waals surface area contributed by atoms with Crippen molar-refractivity contribution in [3.63, 3.8) is 0 Å². The Balaban J connectivity index is 2.57. The van der Waals surface area contributed by atoms with Crippen LogP contribution in [0.1, 0.15) is 21.6 Å². The van der Waals surface area contributed by atoms with Gasteiger partial charge in [0.05, 0.1) is 5.56 Å². The molecule has 110 valence electrons. The van der Waals surface area contributed by atoms with Crippen molar-refractivity contribution in [2.75, 3.05) is 0 Å². The van der Waals surface area contributed by atoms with Crippen molar-refractivity contribution in [3.8, 4) is 0 Å². The molecule has 9 heteroatoms. The van der Waals surface area contributed by atoms with E-state index < -0.39 is 10.9 Å². The summed E-state index contributed by atoms with van der Waals surface area (Å²) in [6.45, 7) is 3.40. The van der Waals surface area contributed by atoms with Crippen molar-refractivity contribution in [1.82, 2.24) is 14.5 Å². The van der Waals surface area contributed by atoms with Crippen molar-refractivity contribution in [2.24, 2.45) is 7.05 Å². The number of carboxylic acids is 1. The molecule has 2 aromatic rings. The van der Waals surface area contributed by atoms with Crippen LogP contribution in [0.15, 0.2) is 22.4 Å². The van der Waals surface area contributed by atoms with E-state index in [-0.39, 0.29) is 21.4 Å². The van der Waals surface area contributed by atoms with E-state index in [9.17, 15) is 20.0 Å². The third-order valence-electron chi connectivity index (χ3n) is 2.76. The predicted molar refractivity (Wildman–Crippen MR) is 74.7 cm³/mol. The number of imidazole rings is 1. The zero-order valence-corrected chi connectivity index (χ0v) is 12.3. The first-order valence-electron chi connectivity index (χ1n) is 5.86. The van der Waals surface area contributed by atoms with Crippen molar-refractivity contribution in [3.05, 3.63) is 39.3 Å². The van der Waals surface area contributed by atoms with Crippen LogP contribution < -0.4 is 0 Å². The normalized spacial score (nSPS) is 10.6. The number of pyridine rings is 1. The number of carboxylic acid groups (broad SMARTS) is 1. The van der Waals surface area contributed by atoms with Crippen LogP contribution in [-0.4, -0.2) is 30.5 Å². The number of nitrogens with zero attached hydrogens (tertiary/aromatic N) is 4. The van der Waals surface area contributed by atoms with Crippen LogP contribution in [0.3, 0.4) is 0 Å². The molecule has 0 radical (unpaired) electrons. The molecule has 1 N–H and O–H groups in total. The monoisotopic (exact) mass is 308 g/mol. The predicted octanol–water partition coefficient (Wildman–Crippen LogP) is 2.19. The zero-order chi connectivity index (χ0) is 15.7. The first kappa shape index (κ1) is 15.0. The molecule has 0 amide bonds. The van der Waals surface area contributed by atoms with Gasteiger partial charge >= 0.3 is 11.8 Å². The molecule has 2 aromatic heterocycles. The summed E-state index contributed by atoms with van der Waals surface area (Å²) in [6, 6.07) is 1.66. The fraction of sp³-hybridized carbons (Fsp3) is 0.250. The van der Waals surface area contributed by atoms with Gasteiger partial charge in [0.2, 0.25) is 6.33 Å². The van der Waals surface area contributed by atoms with Crippen molar-refractivity contribution in [1.29, 1.82) is 0 Å². The molecule has 2 heterocycles. The largest absolute Gasteiger partial charge is 0.478 e. The summed E-state index contributed by atoms with van der Waals surface area (Å²) in [5, 5.41) is 20.7. The Kier molecular flexibility index (Phi) is 3.94. The van der Waals surface area contributed by atoms with Gasteiger partial charge in [0.25, 0.3) is 0 Å².